The summed E-state index contributed by atoms with van der Waals surface area (Å²) in [4.78, 5) is 19.6. The molecule has 3 aromatic rings. The lowest BCUT2D eigenvalue weighted by atomic mass is 10.2. The summed E-state index contributed by atoms with van der Waals surface area (Å²) in [6.45, 7) is 2.05. The van der Waals surface area contributed by atoms with Gasteiger partial charge in [-0.2, -0.15) is 0 Å². The van der Waals surface area contributed by atoms with Crippen molar-refractivity contribution in [3.8, 4) is 0 Å². The van der Waals surface area contributed by atoms with Crippen LogP contribution in [0.15, 0.2) is 41.3 Å². The molecule has 0 unspecified atom stereocenters. The van der Waals surface area contributed by atoms with Gasteiger partial charge in [0.25, 0.3) is 5.91 Å². The quantitative estimate of drug-likeness (QED) is 0.615. The fraction of sp³-hybridized carbons (Fsp3) is 0.300. The molecule has 2 aromatic carbocycles. The maximum absolute atomic E-state index is 12.7. The van der Waals surface area contributed by atoms with E-state index in [1.165, 1.54) is 45.1 Å². The van der Waals surface area contributed by atoms with E-state index < -0.39 is 15.9 Å². The van der Waals surface area contributed by atoms with E-state index in [2.05, 4.69) is 15.2 Å². The number of hydrogen-bond donors (Lipinski definition) is 1. The Labute approximate surface area is 184 Å². The van der Waals surface area contributed by atoms with Crippen LogP contribution in [0.5, 0.6) is 0 Å². The number of carbonyl (C=O) groups is 1. The second-order valence-corrected chi connectivity index (χ2v) is 10.8. The van der Waals surface area contributed by atoms with Crippen LogP contribution in [0.2, 0.25) is 5.02 Å². The molecule has 0 bridgehead atoms. The molecule has 158 valence electrons. The fourth-order valence-corrected chi connectivity index (χ4v) is 5.73. The molecular weight excluding hydrogens is 444 g/mol. The normalized spacial score (nSPS) is 14.6. The zero-order valence-corrected chi connectivity index (χ0v) is 18.9. The zero-order chi connectivity index (χ0) is 21.5. The van der Waals surface area contributed by atoms with Gasteiger partial charge in [0, 0.05) is 38.4 Å². The highest BCUT2D eigenvalue weighted by Crippen LogP contribution is 2.32. The predicted octanol–water partition coefficient (Wildman–Crippen LogP) is 4.05. The summed E-state index contributed by atoms with van der Waals surface area (Å²) in [6.07, 6.45) is 2.37. The van der Waals surface area contributed by atoms with Crippen LogP contribution in [0, 0.1) is 0 Å². The number of benzene rings is 2. The first-order valence-electron chi connectivity index (χ1n) is 9.45. The first-order valence-corrected chi connectivity index (χ1v) is 12.1. The van der Waals surface area contributed by atoms with Crippen LogP contribution >= 0.6 is 22.9 Å². The van der Waals surface area contributed by atoms with Gasteiger partial charge < -0.3 is 10.2 Å². The monoisotopic (exact) mass is 464 g/mol. The fourth-order valence-electron chi connectivity index (χ4n) is 3.28. The first-order chi connectivity index (χ1) is 14.3. The summed E-state index contributed by atoms with van der Waals surface area (Å²) in [5.41, 5.74) is 1.73. The molecule has 2 heterocycles. The number of halogens is 1. The Morgan fingerprint density at radius 1 is 1.17 bits per heavy atom. The van der Waals surface area contributed by atoms with Crippen molar-refractivity contribution < 1.29 is 13.2 Å². The van der Waals surface area contributed by atoms with E-state index in [9.17, 15) is 13.2 Å². The molecular formula is C20H21ClN4O3S2. The Morgan fingerprint density at radius 3 is 2.60 bits per heavy atom. The SMILES string of the molecule is CN(C)S(=O)(=O)c1cc(C(=O)Nc2ccc3nc(N4CCCC4)sc3c2)ccc1Cl. The number of nitrogens with one attached hydrogen (secondary N) is 1. The van der Waals surface area contributed by atoms with Crippen molar-refractivity contribution in [2.45, 2.75) is 17.7 Å². The lowest BCUT2D eigenvalue weighted by Gasteiger charge is -2.14. The second kappa shape index (κ2) is 8.14. The van der Waals surface area contributed by atoms with Crippen molar-refractivity contribution in [2.75, 3.05) is 37.4 Å². The third kappa shape index (κ3) is 4.02. The molecule has 1 aromatic heterocycles. The van der Waals surface area contributed by atoms with Gasteiger partial charge in [-0.3, -0.25) is 4.79 Å². The number of anilines is 2. The largest absolute Gasteiger partial charge is 0.348 e. The Hall–Kier alpha value is -2.20. The number of fused-ring (bicyclic) bond motifs is 1. The van der Waals surface area contributed by atoms with Gasteiger partial charge in [-0.05, 0) is 49.2 Å². The second-order valence-electron chi connectivity index (χ2n) is 7.26. The average Bonchev–Trinajstić information content (AvgIpc) is 3.37. The van der Waals surface area contributed by atoms with Gasteiger partial charge in [0.15, 0.2) is 5.13 Å². The van der Waals surface area contributed by atoms with E-state index in [1.54, 1.807) is 17.4 Å². The zero-order valence-electron chi connectivity index (χ0n) is 16.6. The molecule has 1 aliphatic rings. The predicted molar refractivity (Wildman–Crippen MR) is 121 cm³/mol. The summed E-state index contributed by atoms with van der Waals surface area (Å²) in [6, 6.07) is 9.78. The van der Waals surface area contributed by atoms with E-state index in [0.29, 0.717) is 5.69 Å². The molecule has 1 N–H and O–H groups in total. The highest BCUT2D eigenvalue weighted by molar-refractivity contribution is 7.89. The molecule has 0 spiro atoms. The van der Waals surface area contributed by atoms with Crippen LogP contribution in [0.25, 0.3) is 10.2 Å². The molecule has 0 radical (unpaired) electrons. The molecule has 0 saturated carbocycles. The van der Waals surface area contributed by atoms with Crippen molar-refractivity contribution in [1.82, 2.24) is 9.29 Å². The highest BCUT2D eigenvalue weighted by atomic mass is 35.5. The number of amides is 1. The number of thiazole rings is 1. The van der Waals surface area contributed by atoms with Crippen molar-refractivity contribution in [1.29, 1.82) is 0 Å². The van der Waals surface area contributed by atoms with E-state index in [-0.39, 0.29) is 15.5 Å². The molecule has 1 amide bonds. The molecule has 10 heteroatoms. The molecule has 30 heavy (non-hydrogen) atoms. The molecule has 0 aliphatic carbocycles. The van der Waals surface area contributed by atoms with Gasteiger partial charge >= 0.3 is 0 Å². The Kier molecular flexibility index (Phi) is 5.71. The van der Waals surface area contributed by atoms with Gasteiger partial charge in [0.1, 0.15) is 4.90 Å². The highest BCUT2D eigenvalue weighted by Gasteiger charge is 2.23. The van der Waals surface area contributed by atoms with Gasteiger partial charge in [0.2, 0.25) is 10.0 Å². The average molecular weight is 465 g/mol. The lowest BCUT2D eigenvalue weighted by Crippen LogP contribution is -2.23. The minimum absolute atomic E-state index is 0.0702. The minimum Gasteiger partial charge on any atom is -0.348 e. The van der Waals surface area contributed by atoms with Gasteiger partial charge in [-0.15, -0.1) is 0 Å². The van der Waals surface area contributed by atoms with Crippen molar-refractivity contribution in [2.24, 2.45) is 0 Å². The number of sulfonamides is 1. The van der Waals surface area contributed by atoms with E-state index >= 15 is 0 Å². The van der Waals surface area contributed by atoms with E-state index in [0.717, 1.165) is 32.7 Å². The van der Waals surface area contributed by atoms with Crippen molar-refractivity contribution in [3.05, 3.63) is 47.0 Å². The number of rotatable bonds is 5. The third-order valence-corrected chi connectivity index (χ3v) is 8.34. The maximum atomic E-state index is 12.7. The third-order valence-electron chi connectivity index (χ3n) is 4.96. The molecule has 7 nitrogen and oxygen atoms in total. The van der Waals surface area contributed by atoms with Crippen LogP contribution in [-0.2, 0) is 10.0 Å². The summed E-state index contributed by atoms with van der Waals surface area (Å²) in [5.74, 6) is -0.412. The number of nitrogens with zero attached hydrogens (tertiary/aromatic N) is 3. The van der Waals surface area contributed by atoms with Gasteiger partial charge in [-0.25, -0.2) is 17.7 Å². The standard InChI is InChI=1S/C20H21ClN4O3S2/c1-24(2)30(27,28)18-11-13(5-7-15(18)21)19(26)22-14-6-8-16-17(12-14)29-20(23-16)25-9-3-4-10-25/h5-8,11-12H,3-4,9-10H2,1-2H3,(H,22,26). The summed E-state index contributed by atoms with van der Waals surface area (Å²) >= 11 is 7.67. The minimum atomic E-state index is -3.76. The van der Waals surface area contributed by atoms with Gasteiger partial charge in [-0.1, -0.05) is 22.9 Å². The summed E-state index contributed by atoms with van der Waals surface area (Å²) in [5, 5.41) is 3.90. The van der Waals surface area contributed by atoms with Crippen molar-refractivity contribution in [3.63, 3.8) is 0 Å². The Bertz CT molecular complexity index is 1220. The lowest BCUT2D eigenvalue weighted by molar-refractivity contribution is 0.102. The number of carbonyl (C=O) groups excluding carboxylic acids is 1. The molecule has 1 saturated heterocycles. The van der Waals surface area contributed by atoms with E-state index in [4.69, 9.17) is 11.6 Å². The smallest absolute Gasteiger partial charge is 0.255 e. The van der Waals surface area contributed by atoms with Gasteiger partial charge in [0.05, 0.1) is 15.2 Å². The van der Waals surface area contributed by atoms with Crippen LogP contribution in [0.1, 0.15) is 23.2 Å². The molecule has 0 atom stereocenters. The van der Waals surface area contributed by atoms with E-state index in [1.807, 2.05) is 12.1 Å². The topological polar surface area (TPSA) is 82.6 Å². The van der Waals surface area contributed by atoms with Crippen LogP contribution in [0.3, 0.4) is 0 Å². The van der Waals surface area contributed by atoms with Crippen LogP contribution in [0.4, 0.5) is 10.8 Å². The summed E-state index contributed by atoms with van der Waals surface area (Å²) in [7, 11) is -0.929. The Balaban J connectivity index is 1.58. The van der Waals surface area contributed by atoms with Crippen LogP contribution in [-0.4, -0.2) is 50.8 Å². The number of aromatic nitrogens is 1. The summed E-state index contributed by atoms with van der Waals surface area (Å²) < 4.78 is 26.9. The van der Waals surface area contributed by atoms with Crippen LogP contribution < -0.4 is 10.2 Å². The molecule has 1 fully saturated rings. The molecule has 4 rings (SSSR count). The number of hydrogen-bond acceptors (Lipinski definition) is 6. The molecule has 1 aliphatic heterocycles. The Morgan fingerprint density at radius 2 is 1.90 bits per heavy atom. The maximum Gasteiger partial charge on any atom is 0.255 e. The van der Waals surface area contributed by atoms with Crippen molar-refractivity contribution >= 4 is 59.9 Å². The first kappa shape index (κ1) is 21.0.